The Hall–Kier alpha value is -1.28. The third-order valence-corrected chi connectivity index (χ3v) is 2.61. The number of benzene rings is 1. The molecule has 0 saturated carbocycles. The van der Waals surface area contributed by atoms with Crippen LogP contribution in [0.4, 0.5) is 5.69 Å². The minimum Gasteiger partial charge on any atom is -0.398 e. The third kappa shape index (κ3) is 1.42. The molecular weight excluding hydrogens is 198 g/mol. The highest BCUT2D eigenvalue weighted by Crippen LogP contribution is 2.25. The van der Waals surface area contributed by atoms with E-state index in [9.17, 15) is 4.79 Å². The molecule has 0 unspecified atom stereocenters. The van der Waals surface area contributed by atoms with E-state index in [1.165, 1.54) is 0 Å². The first kappa shape index (κ1) is 9.28. The lowest BCUT2D eigenvalue weighted by molar-refractivity contribution is 0.102. The second-order valence-corrected chi connectivity index (χ2v) is 3.57. The van der Waals surface area contributed by atoms with Crippen LogP contribution < -0.4 is 5.73 Å². The zero-order valence-electron chi connectivity index (χ0n) is 7.59. The summed E-state index contributed by atoms with van der Waals surface area (Å²) in [6.07, 6.45) is 4.94. The maximum Gasteiger partial charge on any atom is 0.179 e. The molecule has 0 atom stereocenters. The highest BCUT2D eigenvalue weighted by molar-refractivity contribution is 6.31. The SMILES string of the molecule is Nc1cc2c(cc1C(=O)CCl)CC=C2. The van der Waals surface area contributed by atoms with Gasteiger partial charge in [-0.2, -0.15) is 0 Å². The van der Waals surface area contributed by atoms with Crippen LogP contribution in [0.2, 0.25) is 0 Å². The van der Waals surface area contributed by atoms with Gasteiger partial charge in [0.15, 0.2) is 5.78 Å². The number of fused-ring (bicyclic) bond motifs is 1. The van der Waals surface area contributed by atoms with E-state index < -0.39 is 0 Å². The molecule has 0 bridgehead atoms. The molecule has 0 radical (unpaired) electrons. The van der Waals surface area contributed by atoms with Crippen molar-refractivity contribution >= 4 is 29.1 Å². The normalized spacial score (nSPS) is 12.9. The van der Waals surface area contributed by atoms with E-state index in [0.29, 0.717) is 11.3 Å². The van der Waals surface area contributed by atoms with Gasteiger partial charge in [-0.15, -0.1) is 11.6 Å². The molecule has 3 heteroatoms. The molecule has 2 nitrogen and oxygen atoms in total. The minimum atomic E-state index is -0.112. The Morgan fingerprint density at radius 3 is 3.00 bits per heavy atom. The lowest BCUT2D eigenvalue weighted by Gasteiger charge is -2.06. The maximum absolute atomic E-state index is 11.4. The number of alkyl halides is 1. The van der Waals surface area contributed by atoms with E-state index in [-0.39, 0.29) is 11.7 Å². The Balaban J connectivity index is 2.50. The van der Waals surface area contributed by atoms with Crippen LogP contribution in [0.5, 0.6) is 0 Å². The van der Waals surface area contributed by atoms with Gasteiger partial charge in [0.2, 0.25) is 0 Å². The summed E-state index contributed by atoms with van der Waals surface area (Å²) in [5.41, 5.74) is 9.07. The zero-order valence-corrected chi connectivity index (χ0v) is 8.34. The van der Waals surface area contributed by atoms with Crippen molar-refractivity contribution in [2.45, 2.75) is 6.42 Å². The first-order valence-corrected chi connectivity index (χ1v) is 4.94. The second kappa shape index (κ2) is 3.46. The van der Waals surface area contributed by atoms with Gasteiger partial charge in [-0.3, -0.25) is 4.79 Å². The molecule has 0 aromatic heterocycles. The van der Waals surface area contributed by atoms with Crippen LogP contribution in [0, 0.1) is 0 Å². The fourth-order valence-corrected chi connectivity index (χ4v) is 1.78. The Morgan fingerprint density at radius 2 is 2.29 bits per heavy atom. The van der Waals surface area contributed by atoms with Gasteiger partial charge < -0.3 is 5.73 Å². The summed E-state index contributed by atoms with van der Waals surface area (Å²) in [5.74, 6) is -0.130. The van der Waals surface area contributed by atoms with Crippen molar-refractivity contribution in [1.29, 1.82) is 0 Å². The van der Waals surface area contributed by atoms with E-state index in [0.717, 1.165) is 17.5 Å². The number of nitrogen functional groups attached to an aromatic ring is 1. The monoisotopic (exact) mass is 207 g/mol. The van der Waals surface area contributed by atoms with E-state index in [1.807, 2.05) is 18.2 Å². The number of carbonyl (C=O) groups excluding carboxylic acids is 1. The summed E-state index contributed by atoms with van der Waals surface area (Å²) in [5, 5.41) is 0. The predicted molar refractivity (Wildman–Crippen MR) is 58.6 cm³/mol. The van der Waals surface area contributed by atoms with Crippen LogP contribution in [-0.2, 0) is 6.42 Å². The van der Waals surface area contributed by atoms with Crippen LogP contribution in [0.1, 0.15) is 21.5 Å². The topological polar surface area (TPSA) is 43.1 Å². The van der Waals surface area contributed by atoms with Gasteiger partial charge in [0.25, 0.3) is 0 Å². The second-order valence-electron chi connectivity index (χ2n) is 3.30. The molecule has 0 fully saturated rings. The average Bonchev–Trinajstić information content (AvgIpc) is 2.62. The molecule has 14 heavy (non-hydrogen) atoms. The van der Waals surface area contributed by atoms with Crippen LogP contribution >= 0.6 is 11.6 Å². The molecule has 1 aliphatic carbocycles. The van der Waals surface area contributed by atoms with E-state index in [1.54, 1.807) is 0 Å². The van der Waals surface area contributed by atoms with Crippen LogP contribution in [0.15, 0.2) is 18.2 Å². The summed E-state index contributed by atoms with van der Waals surface area (Å²) in [7, 11) is 0. The Bertz CT molecular complexity index is 424. The highest BCUT2D eigenvalue weighted by Gasteiger charge is 2.13. The molecule has 1 aliphatic rings. The third-order valence-electron chi connectivity index (χ3n) is 2.37. The van der Waals surface area contributed by atoms with Crippen LogP contribution in [-0.4, -0.2) is 11.7 Å². The highest BCUT2D eigenvalue weighted by atomic mass is 35.5. The molecule has 0 amide bonds. The van der Waals surface area contributed by atoms with Crippen molar-refractivity contribution in [2.24, 2.45) is 0 Å². The molecule has 0 aliphatic heterocycles. The summed E-state index contributed by atoms with van der Waals surface area (Å²) in [4.78, 5) is 11.4. The molecule has 2 rings (SSSR count). The van der Waals surface area contributed by atoms with Crippen molar-refractivity contribution in [3.05, 3.63) is 34.9 Å². The first-order chi connectivity index (χ1) is 6.72. The molecule has 1 aromatic rings. The Kier molecular flexibility index (Phi) is 2.30. The number of rotatable bonds is 2. The summed E-state index contributed by atoms with van der Waals surface area (Å²) >= 11 is 5.49. The standard InChI is InChI=1S/C11H10ClNO/c12-6-11(14)9-4-7-2-1-3-8(7)5-10(9)13/h1,3-5H,2,6,13H2. The number of halogens is 1. The van der Waals surface area contributed by atoms with Gasteiger partial charge in [0, 0.05) is 11.3 Å². The molecule has 72 valence electrons. The zero-order chi connectivity index (χ0) is 10.1. The van der Waals surface area contributed by atoms with Crippen LogP contribution in [0.25, 0.3) is 6.08 Å². The first-order valence-electron chi connectivity index (χ1n) is 4.40. The largest absolute Gasteiger partial charge is 0.398 e. The van der Waals surface area contributed by atoms with E-state index in [2.05, 4.69) is 6.08 Å². The van der Waals surface area contributed by atoms with Gasteiger partial charge in [-0.05, 0) is 29.7 Å². The Labute approximate surface area is 87.4 Å². The van der Waals surface area contributed by atoms with Crippen molar-refractivity contribution in [3.8, 4) is 0 Å². The van der Waals surface area contributed by atoms with Crippen molar-refractivity contribution in [2.75, 3.05) is 11.6 Å². The number of ketones is 1. The lowest BCUT2D eigenvalue weighted by Crippen LogP contribution is -2.06. The maximum atomic E-state index is 11.4. The van der Waals surface area contributed by atoms with Gasteiger partial charge in [-0.1, -0.05) is 12.2 Å². The smallest absolute Gasteiger partial charge is 0.179 e. The summed E-state index contributed by atoms with van der Waals surface area (Å²) in [6.45, 7) is 0. The number of Topliss-reactive ketones (excluding diaryl/α,β-unsaturated/α-hetero) is 1. The van der Waals surface area contributed by atoms with Crippen molar-refractivity contribution < 1.29 is 4.79 Å². The lowest BCUT2D eigenvalue weighted by atomic mass is 10.0. The Morgan fingerprint density at radius 1 is 1.50 bits per heavy atom. The van der Waals surface area contributed by atoms with E-state index in [4.69, 9.17) is 17.3 Å². The molecule has 1 aromatic carbocycles. The number of carbonyl (C=O) groups is 1. The van der Waals surface area contributed by atoms with Crippen molar-refractivity contribution in [1.82, 2.24) is 0 Å². The van der Waals surface area contributed by atoms with Crippen LogP contribution in [0.3, 0.4) is 0 Å². The fraction of sp³-hybridized carbons (Fsp3) is 0.182. The summed E-state index contributed by atoms with van der Waals surface area (Å²) in [6, 6.07) is 3.67. The van der Waals surface area contributed by atoms with Gasteiger partial charge >= 0.3 is 0 Å². The average molecular weight is 208 g/mol. The molecule has 0 spiro atoms. The van der Waals surface area contributed by atoms with E-state index >= 15 is 0 Å². The molecule has 0 heterocycles. The number of hydrogen-bond acceptors (Lipinski definition) is 2. The minimum absolute atomic E-state index is 0.0174. The fourth-order valence-electron chi connectivity index (χ4n) is 1.64. The number of hydrogen-bond donors (Lipinski definition) is 1. The van der Waals surface area contributed by atoms with Gasteiger partial charge in [-0.25, -0.2) is 0 Å². The van der Waals surface area contributed by atoms with Gasteiger partial charge in [0.05, 0.1) is 5.88 Å². The predicted octanol–water partition coefficient (Wildman–Crippen LogP) is 2.26. The quantitative estimate of drug-likeness (QED) is 0.459. The number of allylic oxidation sites excluding steroid dienone is 1. The number of nitrogens with two attached hydrogens (primary N) is 1. The molecule has 0 saturated heterocycles. The number of anilines is 1. The van der Waals surface area contributed by atoms with Gasteiger partial charge in [0.1, 0.15) is 0 Å². The summed E-state index contributed by atoms with van der Waals surface area (Å²) < 4.78 is 0. The molecule has 2 N–H and O–H groups in total. The van der Waals surface area contributed by atoms with Crippen molar-refractivity contribution in [3.63, 3.8) is 0 Å². The molecular formula is C11H10ClNO.